The summed E-state index contributed by atoms with van der Waals surface area (Å²) < 4.78 is 26.9. The highest BCUT2D eigenvalue weighted by Crippen LogP contribution is 2.25. The van der Waals surface area contributed by atoms with E-state index in [1.165, 1.54) is 19.2 Å². The first kappa shape index (κ1) is 19.9. The molecule has 28 heavy (non-hydrogen) atoms. The zero-order chi connectivity index (χ0) is 20.1. The average Bonchev–Trinajstić information content (AvgIpc) is 2.73. The number of hydrogen-bond acceptors (Lipinski definition) is 3. The van der Waals surface area contributed by atoms with Crippen LogP contribution in [0, 0.1) is 0 Å². The Kier molecular flexibility index (Phi) is 6.02. The molecular weight excluding hydrogens is 396 g/mol. The van der Waals surface area contributed by atoms with Crippen LogP contribution in [0.15, 0.2) is 83.8 Å². The number of carbonyl (C=O) groups is 1. The Morgan fingerprint density at radius 1 is 0.929 bits per heavy atom. The molecule has 0 aliphatic rings. The van der Waals surface area contributed by atoms with Gasteiger partial charge in [0.25, 0.3) is 15.9 Å². The van der Waals surface area contributed by atoms with E-state index in [1.54, 1.807) is 54.6 Å². The van der Waals surface area contributed by atoms with Gasteiger partial charge in [0, 0.05) is 18.6 Å². The summed E-state index contributed by atoms with van der Waals surface area (Å²) in [7, 11) is -2.34. The smallest absolute Gasteiger partial charge is 0.264 e. The first-order chi connectivity index (χ1) is 13.4. The van der Waals surface area contributed by atoms with Gasteiger partial charge in [-0.3, -0.25) is 9.10 Å². The lowest BCUT2D eigenvalue weighted by Crippen LogP contribution is -2.30. The second-order valence-corrected chi connectivity index (χ2v) is 8.52. The molecule has 0 saturated carbocycles. The average molecular weight is 415 g/mol. The van der Waals surface area contributed by atoms with Gasteiger partial charge in [-0.15, -0.1) is 0 Å². The van der Waals surface area contributed by atoms with Crippen LogP contribution in [0.4, 0.5) is 5.69 Å². The van der Waals surface area contributed by atoms with Crippen LogP contribution in [0.2, 0.25) is 5.02 Å². The summed E-state index contributed by atoms with van der Waals surface area (Å²) in [5.41, 5.74) is 1.47. The molecule has 1 N–H and O–H groups in total. The van der Waals surface area contributed by atoms with E-state index in [2.05, 4.69) is 5.32 Å². The molecule has 5 nitrogen and oxygen atoms in total. The van der Waals surface area contributed by atoms with Crippen molar-refractivity contribution < 1.29 is 13.2 Å². The molecule has 0 aliphatic carbocycles. The zero-order valence-corrected chi connectivity index (χ0v) is 16.7. The summed E-state index contributed by atoms with van der Waals surface area (Å²) in [6.45, 7) is 0.305. The fraction of sp³-hybridized carbons (Fsp3) is 0.0952. The summed E-state index contributed by atoms with van der Waals surface area (Å²) in [4.78, 5) is 12.9. The van der Waals surface area contributed by atoms with Gasteiger partial charge in [0.1, 0.15) is 0 Å². The summed E-state index contributed by atoms with van der Waals surface area (Å²) >= 11 is 5.87. The minimum atomic E-state index is -3.78. The maximum Gasteiger partial charge on any atom is 0.264 e. The molecule has 0 spiro atoms. The van der Waals surface area contributed by atoms with Gasteiger partial charge in [-0.25, -0.2) is 8.42 Å². The molecule has 3 rings (SSSR count). The fourth-order valence-corrected chi connectivity index (χ4v) is 4.06. The SMILES string of the molecule is CN(c1ccccc1C(=O)NCc1ccc(Cl)cc1)S(=O)(=O)c1ccccc1. The predicted molar refractivity (Wildman–Crippen MR) is 111 cm³/mol. The zero-order valence-electron chi connectivity index (χ0n) is 15.2. The van der Waals surface area contributed by atoms with Crippen molar-refractivity contribution in [3.8, 4) is 0 Å². The molecule has 1 amide bonds. The predicted octanol–water partition coefficient (Wildman–Crippen LogP) is 4.10. The second-order valence-electron chi connectivity index (χ2n) is 6.11. The van der Waals surface area contributed by atoms with Crippen LogP contribution in [-0.4, -0.2) is 21.4 Å². The molecule has 3 aromatic rings. The van der Waals surface area contributed by atoms with Crippen LogP contribution in [-0.2, 0) is 16.6 Å². The Balaban J connectivity index is 1.84. The number of para-hydroxylation sites is 1. The molecule has 0 unspecified atom stereocenters. The summed E-state index contributed by atoms with van der Waals surface area (Å²) in [6.07, 6.45) is 0. The van der Waals surface area contributed by atoms with E-state index >= 15 is 0 Å². The summed E-state index contributed by atoms with van der Waals surface area (Å²) in [5.74, 6) is -0.360. The molecule has 0 aliphatic heterocycles. The normalized spacial score (nSPS) is 11.1. The molecular formula is C21H19ClN2O3S. The maximum absolute atomic E-state index is 12.9. The van der Waals surface area contributed by atoms with Gasteiger partial charge in [-0.05, 0) is 42.0 Å². The molecule has 0 heterocycles. The topological polar surface area (TPSA) is 66.5 Å². The van der Waals surface area contributed by atoms with Crippen molar-refractivity contribution >= 4 is 33.2 Å². The first-order valence-corrected chi connectivity index (χ1v) is 10.4. The number of benzene rings is 3. The van der Waals surface area contributed by atoms with Crippen molar-refractivity contribution in [2.45, 2.75) is 11.4 Å². The Morgan fingerprint density at radius 3 is 2.21 bits per heavy atom. The quantitative estimate of drug-likeness (QED) is 0.660. The fourth-order valence-electron chi connectivity index (χ4n) is 2.70. The van der Waals surface area contributed by atoms with Crippen LogP contribution < -0.4 is 9.62 Å². The van der Waals surface area contributed by atoms with Crippen molar-refractivity contribution in [2.75, 3.05) is 11.4 Å². The first-order valence-electron chi connectivity index (χ1n) is 8.55. The Hall–Kier alpha value is -2.83. The van der Waals surface area contributed by atoms with Crippen LogP contribution in [0.1, 0.15) is 15.9 Å². The summed E-state index contributed by atoms with van der Waals surface area (Å²) in [5, 5.41) is 3.44. The van der Waals surface area contributed by atoms with Crippen molar-refractivity contribution in [2.24, 2.45) is 0 Å². The lowest BCUT2D eigenvalue weighted by Gasteiger charge is -2.22. The van der Waals surface area contributed by atoms with Gasteiger partial charge < -0.3 is 5.32 Å². The van der Waals surface area contributed by atoms with E-state index in [0.717, 1.165) is 9.87 Å². The van der Waals surface area contributed by atoms with Crippen LogP contribution in [0.3, 0.4) is 0 Å². The summed E-state index contributed by atoms with van der Waals surface area (Å²) in [6, 6.07) is 21.8. The van der Waals surface area contributed by atoms with E-state index in [0.29, 0.717) is 17.3 Å². The lowest BCUT2D eigenvalue weighted by molar-refractivity contribution is 0.0951. The second kappa shape index (κ2) is 8.46. The Morgan fingerprint density at radius 2 is 1.54 bits per heavy atom. The van der Waals surface area contributed by atoms with E-state index in [1.807, 2.05) is 12.1 Å². The van der Waals surface area contributed by atoms with E-state index in [4.69, 9.17) is 11.6 Å². The van der Waals surface area contributed by atoms with Gasteiger partial charge in [-0.2, -0.15) is 0 Å². The highest BCUT2D eigenvalue weighted by atomic mass is 35.5. The van der Waals surface area contributed by atoms with Crippen molar-refractivity contribution in [3.05, 3.63) is 95.0 Å². The number of halogens is 1. The highest BCUT2D eigenvalue weighted by Gasteiger charge is 2.24. The van der Waals surface area contributed by atoms with E-state index in [-0.39, 0.29) is 16.4 Å². The van der Waals surface area contributed by atoms with Crippen molar-refractivity contribution in [1.29, 1.82) is 0 Å². The molecule has 144 valence electrons. The van der Waals surface area contributed by atoms with Crippen LogP contribution in [0.5, 0.6) is 0 Å². The van der Waals surface area contributed by atoms with Gasteiger partial charge in [0.15, 0.2) is 0 Å². The highest BCUT2D eigenvalue weighted by molar-refractivity contribution is 7.92. The largest absolute Gasteiger partial charge is 0.348 e. The minimum Gasteiger partial charge on any atom is -0.348 e. The number of carbonyl (C=O) groups excluding carboxylic acids is 1. The molecule has 0 aromatic heterocycles. The number of nitrogens with zero attached hydrogens (tertiary/aromatic N) is 1. The Bertz CT molecular complexity index is 1070. The number of nitrogens with one attached hydrogen (secondary N) is 1. The van der Waals surface area contributed by atoms with Crippen LogP contribution >= 0.6 is 11.6 Å². The maximum atomic E-state index is 12.9. The molecule has 0 saturated heterocycles. The molecule has 7 heteroatoms. The molecule has 0 bridgehead atoms. The molecule has 3 aromatic carbocycles. The van der Waals surface area contributed by atoms with Crippen molar-refractivity contribution in [3.63, 3.8) is 0 Å². The standard InChI is InChI=1S/C21H19ClN2O3S/c1-24(28(26,27)18-7-3-2-4-8-18)20-10-6-5-9-19(20)21(25)23-15-16-11-13-17(22)14-12-16/h2-14H,15H2,1H3,(H,23,25). The third kappa shape index (κ3) is 4.35. The number of hydrogen-bond donors (Lipinski definition) is 1. The number of rotatable bonds is 6. The Labute approximate surface area is 169 Å². The third-order valence-corrected chi connectivity index (χ3v) is 6.29. The van der Waals surface area contributed by atoms with E-state index < -0.39 is 10.0 Å². The third-order valence-electron chi connectivity index (χ3n) is 4.26. The van der Waals surface area contributed by atoms with Gasteiger partial charge in [-0.1, -0.05) is 54.1 Å². The van der Waals surface area contributed by atoms with Crippen LogP contribution in [0.25, 0.3) is 0 Å². The number of sulfonamides is 1. The van der Waals surface area contributed by atoms with E-state index in [9.17, 15) is 13.2 Å². The molecule has 0 radical (unpaired) electrons. The lowest BCUT2D eigenvalue weighted by atomic mass is 10.1. The molecule has 0 fully saturated rings. The van der Waals surface area contributed by atoms with Gasteiger partial charge in [0.05, 0.1) is 16.1 Å². The monoisotopic (exact) mass is 414 g/mol. The van der Waals surface area contributed by atoms with Gasteiger partial charge in [0.2, 0.25) is 0 Å². The minimum absolute atomic E-state index is 0.161. The molecule has 0 atom stereocenters. The van der Waals surface area contributed by atoms with Gasteiger partial charge >= 0.3 is 0 Å². The van der Waals surface area contributed by atoms with Crippen molar-refractivity contribution in [1.82, 2.24) is 5.32 Å². The number of anilines is 1. The number of amides is 1.